The number of benzene rings is 3. The smallest absolute Gasteiger partial charge is 0.252 e. The predicted octanol–water partition coefficient (Wildman–Crippen LogP) is 9.36. The van der Waals surface area contributed by atoms with Crippen molar-refractivity contribution in [3.63, 3.8) is 0 Å². The van der Waals surface area contributed by atoms with Gasteiger partial charge in [-0.2, -0.15) is 0 Å². The van der Waals surface area contributed by atoms with E-state index in [1.165, 1.54) is 18.4 Å². The largest absolute Gasteiger partial charge is 0.351 e. The van der Waals surface area contributed by atoms with Crippen LogP contribution in [0.2, 0.25) is 20.1 Å². The Balaban J connectivity index is 1.50. The zero-order valence-corrected chi connectivity index (χ0v) is 26.3. The summed E-state index contributed by atoms with van der Waals surface area (Å²) in [5, 5.41) is 5.10. The third kappa shape index (κ3) is 8.39. The first kappa shape index (κ1) is 31.2. The third-order valence-corrected chi connectivity index (χ3v) is 9.36. The average molecular weight is 620 g/mol. The molecule has 3 aromatic carbocycles. The van der Waals surface area contributed by atoms with Crippen molar-refractivity contribution in [2.45, 2.75) is 51.4 Å². The van der Waals surface area contributed by atoms with Gasteiger partial charge in [0.2, 0.25) is 0 Å². The second kappa shape index (κ2) is 14.4. The van der Waals surface area contributed by atoms with Crippen LogP contribution in [0.4, 0.5) is 0 Å². The van der Waals surface area contributed by atoms with Gasteiger partial charge >= 0.3 is 0 Å². The minimum absolute atomic E-state index is 0.211. The van der Waals surface area contributed by atoms with Gasteiger partial charge in [0.05, 0.1) is 20.6 Å². The molecule has 0 aliphatic carbocycles. The molecule has 1 fully saturated rings. The summed E-state index contributed by atoms with van der Waals surface area (Å²) in [7, 11) is 0. The Morgan fingerprint density at radius 3 is 2.30 bits per heavy atom. The molecule has 0 bridgehead atoms. The van der Waals surface area contributed by atoms with Crippen LogP contribution in [0.25, 0.3) is 0 Å². The Kier molecular flexibility index (Phi) is 11.2. The summed E-state index contributed by atoms with van der Waals surface area (Å²) in [5.74, 6) is 0.913. The number of carbonyl (C=O) groups is 1. The molecule has 1 saturated heterocycles. The normalized spacial score (nSPS) is 16.2. The highest BCUT2D eigenvalue weighted by molar-refractivity contribution is 6.42. The molecule has 1 heterocycles. The fourth-order valence-corrected chi connectivity index (χ4v) is 6.78. The molecule has 3 nitrogen and oxygen atoms in total. The third-order valence-electron chi connectivity index (χ3n) is 8.07. The summed E-state index contributed by atoms with van der Waals surface area (Å²) < 4.78 is 0. The number of halogens is 4. The van der Waals surface area contributed by atoms with Crippen molar-refractivity contribution >= 4 is 52.3 Å². The summed E-state index contributed by atoms with van der Waals surface area (Å²) >= 11 is 25.2. The minimum Gasteiger partial charge on any atom is -0.351 e. The van der Waals surface area contributed by atoms with E-state index in [0.717, 1.165) is 50.4 Å². The minimum atomic E-state index is -0.322. The van der Waals surface area contributed by atoms with Crippen LogP contribution >= 0.6 is 46.4 Å². The van der Waals surface area contributed by atoms with E-state index in [-0.39, 0.29) is 11.3 Å². The molecule has 1 N–H and O–H groups in total. The molecular weight excluding hydrogens is 582 g/mol. The first-order chi connectivity index (χ1) is 19.1. The zero-order chi connectivity index (χ0) is 28.7. The molecule has 1 atom stereocenters. The zero-order valence-electron chi connectivity index (χ0n) is 23.2. The maximum absolute atomic E-state index is 13.3. The van der Waals surface area contributed by atoms with Crippen LogP contribution in [0, 0.1) is 11.8 Å². The van der Waals surface area contributed by atoms with Crippen molar-refractivity contribution in [1.82, 2.24) is 10.2 Å². The maximum atomic E-state index is 13.3. The van der Waals surface area contributed by atoms with E-state index in [4.69, 9.17) is 46.4 Å². The first-order valence-corrected chi connectivity index (χ1v) is 15.6. The van der Waals surface area contributed by atoms with Gasteiger partial charge in [-0.05, 0) is 105 Å². The Bertz CT molecular complexity index is 1270. The molecule has 214 valence electrons. The van der Waals surface area contributed by atoms with Crippen LogP contribution in [0.1, 0.15) is 61.0 Å². The highest BCUT2D eigenvalue weighted by atomic mass is 35.5. The van der Waals surface area contributed by atoms with Gasteiger partial charge in [0.1, 0.15) is 0 Å². The quantitative estimate of drug-likeness (QED) is 0.232. The van der Waals surface area contributed by atoms with Crippen molar-refractivity contribution in [2.75, 3.05) is 26.2 Å². The molecule has 0 saturated carbocycles. The van der Waals surface area contributed by atoms with E-state index in [1.807, 2.05) is 12.1 Å². The fraction of sp³-hybridized carbons (Fsp3) is 0.424. The highest BCUT2D eigenvalue weighted by Crippen LogP contribution is 2.38. The van der Waals surface area contributed by atoms with Crippen LogP contribution in [0.3, 0.4) is 0 Å². The lowest BCUT2D eigenvalue weighted by molar-refractivity contribution is 0.0932. The summed E-state index contributed by atoms with van der Waals surface area (Å²) in [6, 6.07) is 21.6. The van der Waals surface area contributed by atoms with Gasteiger partial charge in [-0.25, -0.2) is 0 Å². The van der Waals surface area contributed by atoms with Crippen LogP contribution < -0.4 is 5.32 Å². The topological polar surface area (TPSA) is 32.3 Å². The monoisotopic (exact) mass is 618 g/mol. The molecule has 1 amide bonds. The second-order valence-corrected chi connectivity index (χ2v) is 13.2. The van der Waals surface area contributed by atoms with E-state index in [2.05, 4.69) is 60.5 Å². The molecule has 0 aromatic heterocycles. The van der Waals surface area contributed by atoms with Gasteiger partial charge in [-0.3, -0.25) is 4.79 Å². The van der Waals surface area contributed by atoms with Crippen molar-refractivity contribution in [3.8, 4) is 0 Å². The van der Waals surface area contributed by atoms with Crippen LogP contribution in [0.15, 0.2) is 66.7 Å². The Morgan fingerprint density at radius 2 is 1.65 bits per heavy atom. The van der Waals surface area contributed by atoms with E-state index >= 15 is 0 Å². The first-order valence-electron chi connectivity index (χ1n) is 14.1. The second-order valence-electron chi connectivity index (χ2n) is 11.5. The molecule has 40 heavy (non-hydrogen) atoms. The lowest BCUT2D eigenvalue weighted by Crippen LogP contribution is -2.45. The standard InChI is InChI=1S/C33H38Cl4N2O/c1-23(2)21-33(26-8-11-29(35)31(37)19-26,22-38-32(40)28-10-9-27(34)20-30(28)36)14-17-39-15-12-25(13-16-39)18-24-6-4-3-5-7-24/h3-11,19-20,23,25H,12-18,21-22H2,1-2H3,(H,38,40). The summed E-state index contributed by atoms with van der Waals surface area (Å²) in [5.41, 5.74) is 2.61. The average Bonchev–Trinajstić information content (AvgIpc) is 2.93. The molecule has 7 heteroatoms. The number of hydrogen-bond acceptors (Lipinski definition) is 2. The van der Waals surface area contributed by atoms with E-state index < -0.39 is 0 Å². The summed E-state index contributed by atoms with van der Waals surface area (Å²) in [4.78, 5) is 15.8. The number of amides is 1. The van der Waals surface area contributed by atoms with Crippen molar-refractivity contribution in [2.24, 2.45) is 11.8 Å². The number of rotatable bonds is 11. The SMILES string of the molecule is CC(C)CC(CCN1CCC(Cc2ccccc2)CC1)(CNC(=O)c1ccc(Cl)cc1Cl)c1ccc(Cl)c(Cl)c1. The van der Waals surface area contributed by atoms with Gasteiger partial charge in [0, 0.05) is 17.0 Å². The number of hydrogen-bond donors (Lipinski definition) is 1. The molecular formula is C33H38Cl4N2O. The van der Waals surface area contributed by atoms with Gasteiger partial charge in [-0.15, -0.1) is 0 Å². The predicted molar refractivity (Wildman–Crippen MR) is 170 cm³/mol. The van der Waals surface area contributed by atoms with Gasteiger partial charge in [0.15, 0.2) is 0 Å². The van der Waals surface area contributed by atoms with Crippen LogP contribution in [-0.2, 0) is 11.8 Å². The number of carbonyl (C=O) groups excluding carboxylic acids is 1. The summed E-state index contributed by atoms with van der Waals surface area (Å²) in [6.45, 7) is 8.03. The van der Waals surface area contributed by atoms with Crippen LogP contribution in [0.5, 0.6) is 0 Å². The van der Waals surface area contributed by atoms with Gasteiger partial charge in [0.25, 0.3) is 5.91 Å². The number of nitrogens with zero attached hydrogens (tertiary/aromatic N) is 1. The number of piperidine rings is 1. The molecule has 1 aliphatic heterocycles. The highest BCUT2D eigenvalue weighted by Gasteiger charge is 2.35. The summed E-state index contributed by atoms with van der Waals surface area (Å²) in [6.07, 6.45) is 5.33. The van der Waals surface area contributed by atoms with Crippen molar-refractivity contribution in [3.05, 3.63) is 104 Å². The van der Waals surface area contributed by atoms with Crippen molar-refractivity contribution in [1.29, 1.82) is 0 Å². The molecule has 3 aromatic rings. The van der Waals surface area contributed by atoms with Crippen molar-refractivity contribution < 1.29 is 4.79 Å². The molecule has 1 unspecified atom stereocenters. The van der Waals surface area contributed by atoms with Crippen LogP contribution in [-0.4, -0.2) is 37.0 Å². The maximum Gasteiger partial charge on any atom is 0.252 e. The van der Waals surface area contributed by atoms with Gasteiger partial charge in [-0.1, -0.05) is 96.6 Å². The molecule has 1 aliphatic rings. The fourth-order valence-electron chi connectivity index (χ4n) is 5.99. The lowest BCUT2D eigenvalue weighted by atomic mass is 9.71. The Labute approximate surface area is 259 Å². The number of likely N-dealkylation sites (tertiary alicyclic amines) is 1. The number of nitrogens with one attached hydrogen (secondary N) is 1. The molecule has 0 spiro atoms. The molecule has 4 rings (SSSR count). The van der Waals surface area contributed by atoms with E-state index in [9.17, 15) is 4.79 Å². The van der Waals surface area contributed by atoms with Gasteiger partial charge < -0.3 is 10.2 Å². The van der Waals surface area contributed by atoms with E-state index in [1.54, 1.807) is 18.2 Å². The molecule has 0 radical (unpaired) electrons. The Morgan fingerprint density at radius 1 is 0.925 bits per heavy atom. The lowest BCUT2D eigenvalue weighted by Gasteiger charge is -2.40. The van der Waals surface area contributed by atoms with E-state index in [0.29, 0.717) is 38.1 Å². The Hall–Kier alpha value is -1.75.